The van der Waals surface area contributed by atoms with Gasteiger partial charge in [-0.2, -0.15) is 13.2 Å². The number of para-hydroxylation sites is 2. The third-order valence-electron chi connectivity index (χ3n) is 4.20. The van der Waals surface area contributed by atoms with E-state index in [0.29, 0.717) is 6.07 Å². The number of hydroxylamine groups is 1. The third-order valence-corrected chi connectivity index (χ3v) is 5.95. The van der Waals surface area contributed by atoms with Gasteiger partial charge in [0.15, 0.2) is 5.28 Å². The van der Waals surface area contributed by atoms with Crippen LogP contribution in [-0.2, 0) is 25.8 Å². The highest BCUT2D eigenvalue weighted by Crippen LogP contribution is 2.40. The van der Waals surface area contributed by atoms with E-state index in [1.807, 2.05) is 0 Å². The molecule has 0 spiro atoms. The van der Waals surface area contributed by atoms with Crippen LogP contribution in [0.1, 0.15) is 5.56 Å². The van der Waals surface area contributed by atoms with Crippen LogP contribution in [0, 0.1) is 5.21 Å². The summed E-state index contributed by atoms with van der Waals surface area (Å²) in [6.07, 6.45) is -4.72. The summed E-state index contributed by atoms with van der Waals surface area (Å²) in [5.41, 5.74) is -0.847. The summed E-state index contributed by atoms with van der Waals surface area (Å²) in [7, 11) is -3.33. The van der Waals surface area contributed by atoms with Crippen LogP contribution in [-0.4, -0.2) is 39.5 Å². The molecule has 9 nitrogen and oxygen atoms in total. The summed E-state index contributed by atoms with van der Waals surface area (Å²) < 4.78 is 66.0. The third kappa shape index (κ3) is 4.01. The van der Waals surface area contributed by atoms with Gasteiger partial charge in [0, 0.05) is 0 Å². The fourth-order valence-corrected chi connectivity index (χ4v) is 4.35. The smallest absolute Gasteiger partial charge is 0.416 e. The lowest BCUT2D eigenvalue weighted by atomic mass is 10.2. The zero-order valence-corrected chi connectivity index (χ0v) is 16.2. The van der Waals surface area contributed by atoms with Gasteiger partial charge in [-0.1, -0.05) is 18.2 Å². The van der Waals surface area contributed by atoms with E-state index >= 15 is 0 Å². The number of hydrogen-bond donors (Lipinski definition) is 0. The maximum Gasteiger partial charge on any atom is 0.416 e. The first-order valence-electron chi connectivity index (χ1n) is 8.34. The highest BCUT2D eigenvalue weighted by Gasteiger charge is 2.39. The van der Waals surface area contributed by atoms with Crippen molar-refractivity contribution in [2.75, 3.05) is 29.5 Å². The minimum Gasteiger partial charge on any atom is -0.597 e. The second kappa shape index (κ2) is 7.82. The molecule has 1 heterocycles. The Morgan fingerprint density at radius 1 is 1.20 bits per heavy atom. The fourth-order valence-electron chi connectivity index (χ4n) is 2.88. The van der Waals surface area contributed by atoms with Crippen molar-refractivity contribution in [3.63, 3.8) is 0 Å². The molecule has 0 atom stereocenters. The van der Waals surface area contributed by atoms with Gasteiger partial charge in [0.1, 0.15) is 13.8 Å². The number of alkyl halides is 3. The number of amides is 1. The molecule has 1 amide bonds. The van der Waals surface area contributed by atoms with Gasteiger partial charge >= 0.3 is 6.18 Å². The monoisotopic (exact) mass is 444 g/mol. The first-order chi connectivity index (χ1) is 14.1. The number of hydrogen-bond acceptors (Lipinski definition) is 6. The predicted molar refractivity (Wildman–Crippen MR) is 97.8 cm³/mol. The number of rotatable bonds is 5. The summed E-state index contributed by atoms with van der Waals surface area (Å²) in [5.74, 6) is -0.778. The molecule has 0 fully saturated rings. The van der Waals surface area contributed by atoms with Gasteiger partial charge in [-0.05, 0) is 35.2 Å². The van der Waals surface area contributed by atoms with Crippen molar-refractivity contribution in [1.29, 1.82) is 0 Å². The van der Waals surface area contributed by atoms with E-state index in [4.69, 9.17) is 0 Å². The second-order valence-electron chi connectivity index (χ2n) is 6.11. The van der Waals surface area contributed by atoms with Crippen LogP contribution >= 0.6 is 0 Å². The Labute approximate surface area is 169 Å². The Balaban J connectivity index is 1.99. The minimum atomic E-state index is -4.72. The van der Waals surface area contributed by atoms with Gasteiger partial charge in [-0.3, -0.25) is 9.69 Å². The van der Waals surface area contributed by atoms with Gasteiger partial charge < -0.3 is 10.0 Å². The summed E-state index contributed by atoms with van der Waals surface area (Å²) in [6, 6.07) is 9.24. The first-order valence-corrected chi connectivity index (χ1v) is 9.78. The van der Waals surface area contributed by atoms with Crippen LogP contribution < -0.4 is 9.21 Å². The summed E-state index contributed by atoms with van der Waals surface area (Å²) in [6.45, 7) is -1.27. The normalized spacial score (nSPS) is 14.6. The van der Waals surface area contributed by atoms with Crippen molar-refractivity contribution in [3.8, 4) is 0 Å². The number of nitrogens with zero attached hydrogens (tertiary/aromatic N) is 4. The van der Waals surface area contributed by atoms with Gasteiger partial charge in [0.25, 0.3) is 22.5 Å². The Hall–Kier alpha value is -3.35. The molecule has 0 saturated heterocycles. The van der Waals surface area contributed by atoms with Crippen LogP contribution in [0.2, 0.25) is 0 Å². The lowest BCUT2D eigenvalue weighted by Gasteiger charge is -2.20. The van der Waals surface area contributed by atoms with Crippen LogP contribution in [0.3, 0.4) is 0 Å². The van der Waals surface area contributed by atoms with Crippen LogP contribution in [0.25, 0.3) is 0 Å². The summed E-state index contributed by atoms with van der Waals surface area (Å²) >= 11 is 0. The van der Waals surface area contributed by atoms with Crippen molar-refractivity contribution in [1.82, 2.24) is 0 Å². The Bertz CT molecular complexity index is 1100. The molecular weight excluding hydrogens is 429 g/mol. The highest BCUT2D eigenvalue weighted by atomic mass is 32.2. The molecule has 0 bridgehead atoms. The SMILES string of the molecule is CO/N=[N+](\[O-])CC(=O)N1CN(S(=O)(=O)c2cccc(C(F)(F)F)c2)c2ccccc21. The Morgan fingerprint density at radius 2 is 1.87 bits per heavy atom. The summed E-state index contributed by atoms with van der Waals surface area (Å²) in [5, 5.41) is 14.5. The molecule has 0 N–H and O–H groups in total. The number of sulfonamides is 1. The van der Waals surface area contributed by atoms with Crippen molar-refractivity contribution in [2.24, 2.45) is 5.28 Å². The zero-order chi connectivity index (χ0) is 22.1. The van der Waals surface area contributed by atoms with Crippen molar-refractivity contribution in [2.45, 2.75) is 11.1 Å². The van der Waals surface area contributed by atoms with Crippen LogP contribution in [0.4, 0.5) is 24.5 Å². The highest BCUT2D eigenvalue weighted by molar-refractivity contribution is 7.92. The maximum atomic E-state index is 13.1. The maximum absolute atomic E-state index is 13.1. The molecule has 30 heavy (non-hydrogen) atoms. The number of carbonyl (C=O) groups excluding carboxylic acids is 1. The van der Waals surface area contributed by atoms with E-state index in [9.17, 15) is 31.6 Å². The molecule has 0 saturated carbocycles. The van der Waals surface area contributed by atoms with Gasteiger partial charge in [0.2, 0.25) is 0 Å². The standard InChI is InChI=1S/C17H15F3N4O5S/c1-29-21-24(26)10-16(25)22-11-23(15-8-3-2-7-14(15)22)30(27,28)13-6-4-5-12(9-13)17(18,19)20/h2-9H,10-11H2,1H3/b24-21-. The molecule has 2 aromatic rings. The van der Waals surface area contributed by atoms with Crippen LogP contribution in [0.5, 0.6) is 0 Å². The first kappa shape index (κ1) is 21.4. The number of halogens is 3. The molecular formula is C17H15F3N4O5S. The molecule has 3 rings (SSSR count). The largest absolute Gasteiger partial charge is 0.597 e. The molecule has 13 heteroatoms. The molecule has 0 aliphatic carbocycles. The number of carbonyl (C=O) groups is 1. The van der Waals surface area contributed by atoms with E-state index in [1.165, 1.54) is 18.2 Å². The molecule has 2 aromatic carbocycles. The van der Waals surface area contributed by atoms with Gasteiger partial charge in [-0.25, -0.2) is 12.7 Å². The van der Waals surface area contributed by atoms with E-state index in [1.54, 1.807) is 6.07 Å². The van der Waals surface area contributed by atoms with Crippen LogP contribution in [0.15, 0.2) is 58.7 Å². The van der Waals surface area contributed by atoms with Crippen molar-refractivity contribution >= 4 is 27.3 Å². The van der Waals surface area contributed by atoms with E-state index in [2.05, 4.69) is 10.1 Å². The predicted octanol–water partition coefficient (Wildman–Crippen LogP) is 2.73. The van der Waals surface area contributed by atoms with Crippen molar-refractivity contribution in [3.05, 3.63) is 59.3 Å². The average molecular weight is 444 g/mol. The second-order valence-corrected chi connectivity index (χ2v) is 7.97. The van der Waals surface area contributed by atoms with Gasteiger partial charge in [-0.15, -0.1) is 0 Å². The lowest BCUT2D eigenvalue weighted by Crippen LogP contribution is -2.41. The number of benzene rings is 2. The van der Waals surface area contributed by atoms with E-state index in [0.717, 1.165) is 34.5 Å². The average Bonchev–Trinajstić information content (AvgIpc) is 3.08. The van der Waals surface area contributed by atoms with E-state index in [-0.39, 0.29) is 16.2 Å². The molecule has 0 radical (unpaired) electrons. The molecule has 160 valence electrons. The Morgan fingerprint density at radius 3 is 2.50 bits per heavy atom. The van der Waals surface area contributed by atoms with Gasteiger partial charge in [0.05, 0.1) is 21.8 Å². The quantitative estimate of drug-likeness (QED) is 0.401. The van der Waals surface area contributed by atoms with Crippen molar-refractivity contribution < 1.29 is 36.1 Å². The molecule has 0 aromatic heterocycles. The number of anilines is 2. The molecule has 1 aliphatic rings. The number of fused-ring (bicyclic) bond motifs is 1. The molecule has 1 aliphatic heterocycles. The zero-order valence-electron chi connectivity index (χ0n) is 15.4. The minimum absolute atomic E-state index is 0.0189. The summed E-state index contributed by atoms with van der Waals surface area (Å²) in [4.78, 5) is 17.2. The molecule has 0 unspecified atom stereocenters. The fraction of sp³-hybridized carbons (Fsp3) is 0.235. The Kier molecular flexibility index (Phi) is 5.57. The van der Waals surface area contributed by atoms with E-state index < -0.39 is 45.8 Å². The lowest BCUT2D eigenvalue weighted by molar-refractivity contribution is -0.546. The topological polar surface area (TPSA) is 105 Å².